The summed E-state index contributed by atoms with van der Waals surface area (Å²) < 4.78 is 16.5. The predicted octanol–water partition coefficient (Wildman–Crippen LogP) is 3.33. The Hall–Kier alpha value is -2.53. The lowest BCUT2D eigenvalue weighted by atomic mass is 9.74. The summed E-state index contributed by atoms with van der Waals surface area (Å²) >= 11 is 0. The molecule has 3 rings (SSSR count). The number of amides is 1. The Morgan fingerprint density at radius 2 is 1.81 bits per heavy atom. The molecule has 1 aliphatic heterocycles. The first-order valence-electron chi connectivity index (χ1n) is 9.35. The number of rotatable bonds is 7. The third kappa shape index (κ3) is 4.80. The van der Waals surface area contributed by atoms with Crippen LogP contribution in [-0.4, -0.2) is 38.9 Å². The van der Waals surface area contributed by atoms with Crippen LogP contribution in [0.2, 0.25) is 0 Å². The maximum absolute atomic E-state index is 12.6. The van der Waals surface area contributed by atoms with Gasteiger partial charge in [-0.3, -0.25) is 4.79 Å². The fourth-order valence-electron chi connectivity index (χ4n) is 3.45. The lowest BCUT2D eigenvalue weighted by molar-refractivity contribution is -0.127. The Balaban J connectivity index is 1.63. The van der Waals surface area contributed by atoms with E-state index in [1.54, 1.807) is 20.1 Å². The Morgan fingerprint density at radius 3 is 2.52 bits per heavy atom. The van der Waals surface area contributed by atoms with Gasteiger partial charge in [0, 0.05) is 31.2 Å². The molecular weight excluding hydrogens is 342 g/mol. The Labute approximate surface area is 160 Å². The van der Waals surface area contributed by atoms with Crippen molar-refractivity contribution in [3.8, 4) is 11.5 Å². The Morgan fingerprint density at radius 1 is 1.11 bits per heavy atom. The molecule has 144 valence electrons. The van der Waals surface area contributed by atoms with Gasteiger partial charge in [0.05, 0.1) is 7.11 Å². The summed E-state index contributed by atoms with van der Waals surface area (Å²) in [6.07, 6.45) is 1.19. The second-order valence-corrected chi connectivity index (χ2v) is 6.92. The summed E-state index contributed by atoms with van der Waals surface area (Å²) in [5.74, 6) is 1.19. The van der Waals surface area contributed by atoms with E-state index in [1.165, 1.54) is 5.56 Å². The second-order valence-electron chi connectivity index (χ2n) is 6.92. The van der Waals surface area contributed by atoms with Gasteiger partial charge in [-0.05, 0) is 37.5 Å². The Kier molecular flexibility index (Phi) is 6.35. The van der Waals surface area contributed by atoms with E-state index < -0.39 is 6.10 Å². The van der Waals surface area contributed by atoms with Gasteiger partial charge in [0.1, 0.15) is 11.5 Å². The third-order valence-electron chi connectivity index (χ3n) is 5.16. The lowest BCUT2D eigenvalue weighted by Gasteiger charge is -2.38. The number of benzene rings is 2. The first-order valence-corrected chi connectivity index (χ1v) is 9.35. The minimum Gasteiger partial charge on any atom is -0.497 e. The van der Waals surface area contributed by atoms with Crippen molar-refractivity contribution in [2.45, 2.75) is 31.3 Å². The fraction of sp³-hybridized carbons (Fsp3) is 0.409. The number of nitrogens with one attached hydrogen (secondary N) is 1. The van der Waals surface area contributed by atoms with E-state index in [0.29, 0.717) is 31.3 Å². The predicted molar refractivity (Wildman–Crippen MR) is 104 cm³/mol. The molecule has 1 atom stereocenters. The van der Waals surface area contributed by atoms with Gasteiger partial charge in [0.15, 0.2) is 6.10 Å². The summed E-state index contributed by atoms with van der Waals surface area (Å²) in [6, 6.07) is 17.6. The van der Waals surface area contributed by atoms with Crippen LogP contribution in [0.5, 0.6) is 11.5 Å². The van der Waals surface area contributed by atoms with Crippen molar-refractivity contribution < 1.29 is 19.0 Å². The van der Waals surface area contributed by atoms with Crippen molar-refractivity contribution in [3.63, 3.8) is 0 Å². The number of carbonyl (C=O) groups excluding carboxylic acids is 1. The number of hydrogen-bond acceptors (Lipinski definition) is 4. The topological polar surface area (TPSA) is 56.8 Å². The van der Waals surface area contributed by atoms with Gasteiger partial charge in [0.2, 0.25) is 0 Å². The van der Waals surface area contributed by atoms with E-state index in [-0.39, 0.29) is 11.3 Å². The van der Waals surface area contributed by atoms with Crippen LogP contribution in [0, 0.1) is 0 Å². The van der Waals surface area contributed by atoms with Gasteiger partial charge in [-0.1, -0.05) is 36.4 Å². The van der Waals surface area contributed by atoms with Crippen molar-refractivity contribution in [1.82, 2.24) is 5.32 Å². The van der Waals surface area contributed by atoms with Crippen LogP contribution in [0.15, 0.2) is 54.6 Å². The van der Waals surface area contributed by atoms with Crippen molar-refractivity contribution in [3.05, 3.63) is 60.2 Å². The molecule has 0 aliphatic carbocycles. The zero-order chi connectivity index (χ0) is 19.1. The maximum atomic E-state index is 12.6. The van der Waals surface area contributed by atoms with Gasteiger partial charge in [0.25, 0.3) is 5.91 Å². The van der Waals surface area contributed by atoms with E-state index in [9.17, 15) is 4.79 Å². The van der Waals surface area contributed by atoms with Crippen molar-refractivity contribution >= 4 is 5.91 Å². The first-order chi connectivity index (χ1) is 13.1. The average molecular weight is 369 g/mol. The molecule has 1 amide bonds. The van der Waals surface area contributed by atoms with Crippen LogP contribution in [0.3, 0.4) is 0 Å². The summed E-state index contributed by atoms with van der Waals surface area (Å²) in [5.41, 5.74) is 1.15. The molecular formula is C22H27NO4. The van der Waals surface area contributed by atoms with Crippen LogP contribution in [0.25, 0.3) is 0 Å². The van der Waals surface area contributed by atoms with Crippen LogP contribution >= 0.6 is 0 Å². The van der Waals surface area contributed by atoms with Crippen LogP contribution in [0.1, 0.15) is 25.3 Å². The maximum Gasteiger partial charge on any atom is 0.260 e. The highest BCUT2D eigenvalue weighted by molar-refractivity contribution is 5.80. The zero-order valence-corrected chi connectivity index (χ0v) is 15.9. The quantitative estimate of drug-likeness (QED) is 0.813. The van der Waals surface area contributed by atoms with E-state index in [2.05, 4.69) is 17.4 Å². The SMILES string of the molecule is COc1cccc(OC(C)C(=O)NCC2(c3ccccc3)CCOCC2)c1. The summed E-state index contributed by atoms with van der Waals surface area (Å²) in [6.45, 7) is 3.75. The van der Waals surface area contributed by atoms with E-state index >= 15 is 0 Å². The number of hydrogen-bond donors (Lipinski definition) is 1. The molecule has 5 heteroatoms. The minimum atomic E-state index is -0.593. The highest BCUT2D eigenvalue weighted by atomic mass is 16.5. The fourth-order valence-corrected chi connectivity index (χ4v) is 3.45. The normalized spacial score (nSPS) is 17.0. The first kappa shape index (κ1) is 19.2. The second kappa shape index (κ2) is 8.91. The molecule has 2 aromatic carbocycles. The van der Waals surface area contributed by atoms with Crippen molar-refractivity contribution in [1.29, 1.82) is 0 Å². The molecule has 1 heterocycles. The van der Waals surface area contributed by atoms with Gasteiger partial charge in [-0.15, -0.1) is 0 Å². The molecule has 1 fully saturated rings. The molecule has 0 saturated carbocycles. The summed E-state index contributed by atoms with van der Waals surface area (Å²) in [5, 5.41) is 3.09. The van der Waals surface area contributed by atoms with Crippen LogP contribution in [-0.2, 0) is 14.9 Å². The monoisotopic (exact) mass is 369 g/mol. The number of ether oxygens (including phenoxy) is 3. The largest absolute Gasteiger partial charge is 0.497 e. The number of methoxy groups -OCH3 is 1. The molecule has 0 aromatic heterocycles. The smallest absolute Gasteiger partial charge is 0.260 e. The molecule has 1 aliphatic rings. The molecule has 27 heavy (non-hydrogen) atoms. The average Bonchev–Trinajstić information content (AvgIpc) is 2.73. The molecule has 1 N–H and O–H groups in total. The molecule has 0 radical (unpaired) electrons. The molecule has 5 nitrogen and oxygen atoms in total. The number of carbonyl (C=O) groups is 1. The van der Waals surface area contributed by atoms with Crippen molar-refractivity contribution in [2.24, 2.45) is 0 Å². The van der Waals surface area contributed by atoms with Crippen LogP contribution in [0.4, 0.5) is 0 Å². The standard InChI is InChI=1S/C22H27NO4/c1-17(27-20-10-6-9-19(15-20)25-2)21(24)23-16-22(11-13-26-14-12-22)18-7-4-3-5-8-18/h3-10,15,17H,11-14,16H2,1-2H3,(H,23,24). The summed E-state index contributed by atoms with van der Waals surface area (Å²) in [7, 11) is 1.60. The third-order valence-corrected chi connectivity index (χ3v) is 5.16. The Bertz CT molecular complexity index is 741. The van der Waals surface area contributed by atoms with E-state index in [0.717, 1.165) is 12.8 Å². The van der Waals surface area contributed by atoms with Gasteiger partial charge >= 0.3 is 0 Å². The minimum absolute atomic E-state index is 0.0924. The summed E-state index contributed by atoms with van der Waals surface area (Å²) in [4.78, 5) is 12.6. The van der Waals surface area contributed by atoms with Gasteiger partial charge in [-0.2, -0.15) is 0 Å². The highest BCUT2D eigenvalue weighted by Crippen LogP contribution is 2.34. The molecule has 1 unspecified atom stereocenters. The zero-order valence-electron chi connectivity index (χ0n) is 15.9. The lowest BCUT2D eigenvalue weighted by Crippen LogP contribution is -2.47. The molecule has 0 bridgehead atoms. The van der Waals surface area contributed by atoms with E-state index in [4.69, 9.17) is 14.2 Å². The molecule has 2 aromatic rings. The van der Waals surface area contributed by atoms with Gasteiger partial charge in [-0.25, -0.2) is 0 Å². The van der Waals surface area contributed by atoms with Crippen molar-refractivity contribution in [2.75, 3.05) is 26.9 Å². The molecule has 1 saturated heterocycles. The van der Waals surface area contributed by atoms with Gasteiger partial charge < -0.3 is 19.5 Å². The molecule has 0 spiro atoms. The van der Waals surface area contributed by atoms with E-state index in [1.807, 2.05) is 36.4 Å². The van der Waals surface area contributed by atoms with Crippen LogP contribution < -0.4 is 14.8 Å². The highest BCUT2D eigenvalue weighted by Gasteiger charge is 2.35.